The molecule has 1 aromatic rings. The largest absolute Gasteiger partial charge is 1.00 e. The van der Waals surface area contributed by atoms with Crippen molar-refractivity contribution in [1.29, 1.82) is 0 Å². The predicted octanol–water partition coefficient (Wildman–Crippen LogP) is -0.652. The SMILES string of the molecule is Cl.ClCCl.[Cl-].c1cc[nH+]cc1. The van der Waals surface area contributed by atoms with Gasteiger partial charge in [-0.2, -0.15) is 0 Å². The van der Waals surface area contributed by atoms with Crippen LogP contribution in [0.5, 0.6) is 0 Å². The minimum atomic E-state index is 0. The van der Waals surface area contributed by atoms with Crippen molar-refractivity contribution >= 4 is 35.6 Å². The van der Waals surface area contributed by atoms with Gasteiger partial charge < -0.3 is 12.4 Å². The summed E-state index contributed by atoms with van der Waals surface area (Å²) in [5.41, 5.74) is 0. The summed E-state index contributed by atoms with van der Waals surface area (Å²) < 4.78 is 0. The first-order chi connectivity index (χ1) is 4.41. The lowest BCUT2D eigenvalue weighted by atomic mass is 10.5. The summed E-state index contributed by atoms with van der Waals surface area (Å²) in [5, 5.41) is 0.194. The van der Waals surface area contributed by atoms with E-state index in [1.165, 1.54) is 0 Å². The van der Waals surface area contributed by atoms with Gasteiger partial charge in [0.05, 0.1) is 5.34 Å². The Morgan fingerprint density at radius 1 is 1.00 bits per heavy atom. The van der Waals surface area contributed by atoms with Crippen LogP contribution in [-0.2, 0) is 0 Å². The van der Waals surface area contributed by atoms with Crippen molar-refractivity contribution in [3.63, 3.8) is 0 Å². The zero-order valence-corrected chi connectivity index (χ0v) is 8.72. The zero-order valence-electron chi connectivity index (χ0n) is 5.64. The zero-order chi connectivity index (χ0) is 6.95. The lowest BCUT2D eigenvalue weighted by molar-refractivity contribution is -0.377. The van der Waals surface area contributed by atoms with Crippen molar-refractivity contribution < 1.29 is 17.4 Å². The summed E-state index contributed by atoms with van der Waals surface area (Å²) in [7, 11) is 0. The molecule has 1 nitrogen and oxygen atoms in total. The van der Waals surface area contributed by atoms with E-state index >= 15 is 0 Å². The number of hydrogen-bond donors (Lipinski definition) is 0. The average molecular weight is 237 g/mol. The first-order valence-corrected chi connectivity index (χ1v) is 3.51. The summed E-state index contributed by atoms with van der Waals surface area (Å²) in [6.07, 6.45) is 3.75. The van der Waals surface area contributed by atoms with Crippen LogP contribution in [0.1, 0.15) is 0 Å². The Morgan fingerprint density at radius 3 is 1.45 bits per heavy atom. The molecule has 0 aromatic carbocycles. The van der Waals surface area contributed by atoms with Gasteiger partial charge in [-0.05, 0) is 0 Å². The normalized spacial score (nSPS) is 6.00. The van der Waals surface area contributed by atoms with Crippen molar-refractivity contribution in [3.8, 4) is 0 Å². The smallest absolute Gasteiger partial charge is 0.166 e. The molecule has 5 heteroatoms. The van der Waals surface area contributed by atoms with E-state index in [9.17, 15) is 0 Å². The number of H-pyrrole nitrogens is 1. The van der Waals surface area contributed by atoms with E-state index in [-0.39, 0.29) is 30.2 Å². The lowest BCUT2D eigenvalue weighted by Gasteiger charge is -1.63. The third-order valence-corrected chi connectivity index (χ3v) is 0.607. The summed E-state index contributed by atoms with van der Waals surface area (Å²) in [5.74, 6) is 0. The highest BCUT2D eigenvalue weighted by Crippen LogP contribution is 1.73. The van der Waals surface area contributed by atoms with Crippen LogP contribution < -0.4 is 17.4 Å². The molecule has 1 heterocycles. The van der Waals surface area contributed by atoms with Crippen LogP contribution in [0.3, 0.4) is 0 Å². The highest BCUT2D eigenvalue weighted by atomic mass is 35.5. The van der Waals surface area contributed by atoms with E-state index < -0.39 is 0 Å². The van der Waals surface area contributed by atoms with Gasteiger partial charge in [-0.25, -0.2) is 4.98 Å². The van der Waals surface area contributed by atoms with Gasteiger partial charge in [0.2, 0.25) is 0 Å². The third kappa shape index (κ3) is 17.9. The number of hydrogen-bond acceptors (Lipinski definition) is 0. The van der Waals surface area contributed by atoms with Crippen molar-refractivity contribution in [3.05, 3.63) is 30.6 Å². The molecule has 0 radical (unpaired) electrons. The van der Waals surface area contributed by atoms with E-state index in [1.807, 2.05) is 30.6 Å². The Hall–Kier alpha value is 0.310. The van der Waals surface area contributed by atoms with Crippen LogP contribution in [-0.4, -0.2) is 5.34 Å². The molecule has 0 spiro atoms. The molecule has 0 aliphatic heterocycles. The number of aromatic amines is 1. The molecule has 0 fully saturated rings. The molecule has 11 heavy (non-hydrogen) atoms. The third-order valence-electron chi connectivity index (χ3n) is 0.607. The predicted molar refractivity (Wildman–Crippen MR) is 46.8 cm³/mol. The van der Waals surface area contributed by atoms with Gasteiger partial charge in [-0.1, -0.05) is 6.07 Å². The number of rotatable bonds is 0. The molecule has 0 amide bonds. The molecular weight excluding hydrogens is 228 g/mol. The van der Waals surface area contributed by atoms with E-state index in [0.717, 1.165) is 0 Å². The van der Waals surface area contributed by atoms with Gasteiger partial charge in [0.15, 0.2) is 12.4 Å². The molecule has 0 saturated heterocycles. The van der Waals surface area contributed by atoms with Crippen molar-refractivity contribution in [2.24, 2.45) is 0 Å². The monoisotopic (exact) mass is 235 g/mol. The summed E-state index contributed by atoms with van der Waals surface area (Å²) in [6, 6.07) is 5.86. The molecule has 1 N–H and O–H groups in total. The highest BCUT2D eigenvalue weighted by Gasteiger charge is 1.65. The molecule has 0 saturated carbocycles. The van der Waals surface area contributed by atoms with Crippen LogP contribution in [0.15, 0.2) is 30.6 Å². The molecule has 0 unspecified atom stereocenters. The van der Waals surface area contributed by atoms with Crippen LogP contribution in [0, 0.1) is 0 Å². The highest BCUT2D eigenvalue weighted by molar-refractivity contribution is 6.40. The van der Waals surface area contributed by atoms with Gasteiger partial charge in [0, 0.05) is 12.1 Å². The second-order valence-corrected chi connectivity index (χ2v) is 1.99. The maximum Gasteiger partial charge on any atom is 0.166 e. The summed E-state index contributed by atoms with van der Waals surface area (Å²) >= 11 is 9.53. The number of pyridine rings is 1. The topological polar surface area (TPSA) is 14.1 Å². The van der Waals surface area contributed by atoms with Crippen LogP contribution in [0.4, 0.5) is 0 Å². The molecule has 0 bridgehead atoms. The molecule has 0 aliphatic carbocycles. The van der Waals surface area contributed by atoms with Crippen LogP contribution in [0.2, 0.25) is 0 Å². The Labute approximate surface area is 88.9 Å². The fraction of sp³-hybridized carbons (Fsp3) is 0.167. The van der Waals surface area contributed by atoms with E-state index in [4.69, 9.17) is 23.2 Å². The van der Waals surface area contributed by atoms with E-state index in [0.29, 0.717) is 0 Å². The standard InChI is InChI=1S/C5H5N.CH2Cl2.2ClH/c1-2-4-6-5-3-1;2-1-3;;/h1-5H;1H2;2*1H. The molecule has 1 rings (SSSR count). The van der Waals surface area contributed by atoms with Crippen LogP contribution in [0.25, 0.3) is 0 Å². The Balaban J connectivity index is -0.000000116. The molecule has 0 atom stereocenters. The molecule has 0 aliphatic rings. The Bertz CT molecular complexity index is 97.4. The number of nitrogens with one attached hydrogen (secondary N) is 1. The number of halogens is 4. The van der Waals surface area contributed by atoms with Gasteiger partial charge >= 0.3 is 0 Å². The van der Waals surface area contributed by atoms with Crippen LogP contribution >= 0.6 is 35.6 Å². The first kappa shape index (κ1) is 17.4. The summed E-state index contributed by atoms with van der Waals surface area (Å²) in [4.78, 5) is 2.89. The van der Waals surface area contributed by atoms with Gasteiger partial charge in [0.25, 0.3) is 0 Å². The van der Waals surface area contributed by atoms with Crippen molar-refractivity contribution in [2.45, 2.75) is 0 Å². The minimum absolute atomic E-state index is 0. The van der Waals surface area contributed by atoms with E-state index in [2.05, 4.69) is 4.98 Å². The van der Waals surface area contributed by atoms with Gasteiger partial charge in [-0.15, -0.1) is 35.6 Å². The first-order valence-electron chi connectivity index (χ1n) is 2.45. The average Bonchev–Trinajstić information content (AvgIpc) is 1.93. The Morgan fingerprint density at radius 2 is 1.36 bits per heavy atom. The van der Waals surface area contributed by atoms with Gasteiger partial charge in [-0.3, -0.25) is 0 Å². The molecule has 66 valence electrons. The molecular formula is C6H9Cl4N. The minimum Gasteiger partial charge on any atom is -1.00 e. The fourth-order valence-corrected chi connectivity index (χ4v) is 0.342. The lowest BCUT2D eigenvalue weighted by Crippen LogP contribution is -3.00. The molecule has 1 aromatic heterocycles. The maximum atomic E-state index is 4.76. The maximum absolute atomic E-state index is 4.76. The van der Waals surface area contributed by atoms with Crippen molar-refractivity contribution in [2.75, 3.05) is 5.34 Å². The number of alkyl halides is 2. The van der Waals surface area contributed by atoms with E-state index in [1.54, 1.807) is 0 Å². The fourth-order valence-electron chi connectivity index (χ4n) is 0.342. The summed E-state index contributed by atoms with van der Waals surface area (Å²) in [6.45, 7) is 0. The van der Waals surface area contributed by atoms with Gasteiger partial charge in [0.1, 0.15) is 0 Å². The van der Waals surface area contributed by atoms with Crippen molar-refractivity contribution in [1.82, 2.24) is 0 Å². The number of aromatic nitrogens is 1. The second-order valence-electron chi connectivity index (χ2n) is 1.18. The quantitative estimate of drug-likeness (QED) is 0.532. The Kier molecular flexibility index (Phi) is 26.5. The second kappa shape index (κ2) is 16.7.